The van der Waals surface area contributed by atoms with E-state index in [1.165, 1.54) is 24.3 Å². The lowest BCUT2D eigenvalue weighted by Crippen LogP contribution is -2.37. The van der Waals surface area contributed by atoms with E-state index in [1.807, 2.05) is 19.0 Å². The van der Waals surface area contributed by atoms with Gasteiger partial charge in [-0.15, -0.1) is 0 Å². The minimum absolute atomic E-state index is 0.0656. The molecule has 1 unspecified atom stereocenters. The number of carbonyl (C=O) groups excluding carboxylic acids is 1. The van der Waals surface area contributed by atoms with E-state index in [0.29, 0.717) is 12.1 Å². The van der Waals surface area contributed by atoms with Crippen molar-refractivity contribution in [3.63, 3.8) is 0 Å². The monoisotopic (exact) mass is 267 g/mol. The summed E-state index contributed by atoms with van der Waals surface area (Å²) in [5, 5.41) is 22.6. The standard InChI is InChI=1S/C12H17N3O4/c1-14(2)8-11(16)7-13-12(17)9-3-5-10(6-4-9)15(18)19/h3-6,11,16H,7-8H2,1-2H3,(H,13,17). The number of carbonyl (C=O) groups is 1. The number of aliphatic hydroxyl groups is 1. The zero-order valence-electron chi connectivity index (χ0n) is 10.9. The van der Waals surface area contributed by atoms with Crippen LogP contribution in [0, 0.1) is 10.1 Å². The third kappa shape index (κ3) is 5.02. The Kier molecular flexibility index (Phi) is 5.40. The van der Waals surface area contributed by atoms with Crippen molar-refractivity contribution in [2.24, 2.45) is 0 Å². The molecule has 19 heavy (non-hydrogen) atoms. The summed E-state index contributed by atoms with van der Waals surface area (Å²) in [7, 11) is 3.64. The molecule has 0 saturated carbocycles. The molecule has 0 fully saturated rings. The van der Waals surface area contributed by atoms with E-state index < -0.39 is 11.0 Å². The highest BCUT2D eigenvalue weighted by molar-refractivity contribution is 5.94. The highest BCUT2D eigenvalue weighted by Gasteiger charge is 2.11. The summed E-state index contributed by atoms with van der Waals surface area (Å²) in [6.45, 7) is 0.578. The number of benzene rings is 1. The van der Waals surface area contributed by atoms with Crippen LogP contribution in [-0.4, -0.2) is 54.1 Å². The first-order valence-electron chi connectivity index (χ1n) is 5.75. The van der Waals surface area contributed by atoms with Gasteiger partial charge in [0.25, 0.3) is 11.6 Å². The Bertz CT molecular complexity index is 445. The van der Waals surface area contributed by atoms with Gasteiger partial charge < -0.3 is 15.3 Å². The van der Waals surface area contributed by atoms with Crippen molar-refractivity contribution in [3.05, 3.63) is 39.9 Å². The van der Waals surface area contributed by atoms with E-state index in [-0.39, 0.29) is 18.1 Å². The smallest absolute Gasteiger partial charge is 0.269 e. The zero-order valence-corrected chi connectivity index (χ0v) is 10.9. The maximum atomic E-state index is 11.7. The first kappa shape index (κ1) is 15.1. The molecule has 0 saturated heterocycles. The predicted octanol–water partition coefficient (Wildman–Crippen LogP) is 0.247. The minimum Gasteiger partial charge on any atom is -0.390 e. The molecule has 7 heteroatoms. The quantitative estimate of drug-likeness (QED) is 0.569. The number of hydrogen-bond acceptors (Lipinski definition) is 5. The lowest BCUT2D eigenvalue weighted by atomic mass is 10.2. The number of non-ortho nitro benzene ring substituents is 1. The fraction of sp³-hybridized carbons (Fsp3) is 0.417. The molecule has 0 aliphatic heterocycles. The molecule has 1 aromatic rings. The number of likely N-dealkylation sites (N-methyl/N-ethyl adjacent to an activating group) is 1. The highest BCUT2D eigenvalue weighted by atomic mass is 16.6. The van der Waals surface area contributed by atoms with Crippen molar-refractivity contribution >= 4 is 11.6 Å². The largest absolute Gasteiger partial charge is 0.390 e. The van der Waals surface area contributed by atoms with Gasteiger partial charge in [-0.25, -0.2) is 0 Å². The van der Waals surface area contributed by atoms with Gasteiger partial charge >= 0.3 is 0 Å². The molecule has 0 radical (unpaired) electrons. The number of hydrogen-bond donors (Lipinski definition) is 2. The topological polar surface area (TPSA) is 95.7 Å². The zero-order chi connectivity index (χ0) is 14.4. The summed E-state index contributed by atoms with van der Waals surface area (Å²) in [5.74, 6) is -0.368. The molecule has 104 valence electrons. The summed E-state index contributed by atoms with van der Waals surface area (Å²) in [6, 6.07) is 5.30. The van der Waals surface area contributed by atoms with Crippen LogP contribution in [0.15, 0.2) is 24.3 Å². The van der Waals surface area contributed by atoms with Crippen molar-refractivity contribution in [2.45, 2.75) is 6.10 Å². The molecule has 0 aliphatic carbocycles. The highest BCUT2D eigenvalue weighted by Crippen LogP contribution is 2.11. The molecular weight excluding hydrogens is 250 g/mol. The predicted molar refractivity (Wildman–Crippen MR) is 70.0 cm³/mol. The van der Waals surface area contributed by atoms with Crippen LogP contribution in [0.4, 0.5) is 5.69 Å². The molecular formula is C12H17N3O4. The number of nitrogens with zero attached hydrogens (tertiary/aromatic N) is 2. The van der Waals surface area contributed by atoms with Gasteiger partial charge in [-0.2, -0.15) is 0 Å². The summed E-state index contributed by atoms with van der Waals surface area (Å²) < 4.78 is 0. The number of nitro benzene ring substituents is 1. The van der Waals surface area contributed by atoms with Gasteiger partial charge in [0, 0.05) is 30.8 Å². The average Bonchev–Trinajstić information content (AvgIpc) is 2.35. The van der Waals surface area contributed by atoms with Gasteiger partial charge in [-0.1, -0.05) is 0 Å². The third-order valence-corrected chi connectivity index (χ3v) is 2.41. The van der Waals surface area contributed by atoms with E-state index >= 15 is 0 Å². The lowest BCUT2D eigenvalue weighted by Gasteiger charge is -2.16. The van der Waals surface area contributed by atoms with E-state index in [9.17, 15) is 20.0 Å². The molecule has 2 N–H and O–H groups in total. The molecule has 1 aromatic carbocycles. The maximum Gasteiger partial charge on any atom is 0.269 e. The Morgan fingerprint density at radius 1 is 1.42 bits per heavy atom. The maximum absolute atomic E-state index is 11.7. The van der Waals surface area contributed by atoms with Crippen molar-refractivity contribution < 1.29 is 14.8 Å². The number of nitro groups is 1. The van der Waals surface area contributed by atoms with Gasteiger partial charge in [0.1, 0.15) is 0 Å². The normalized spacial score (nSPS) is 12.2. The Balaban J connectivity index is 2.52. The van der Waals surface area contributed by atoms with Crippen molar-refractivity contribution in [3.8, 4) is 0 Å². The van der Waals surface area contributed by atoms with Crippen LogP contribution in [0.2, 0.25) is 0 Å². The van der Waals surface area contributed by atoms with E-state index in [2.05, 4.69) is 5.32 Å². The van der Waals surface area contributed by atoms with Gasteiger partial charge in [-0.05, 0) is 26.2 Å². The van der Waals surface area contributed by atoms with Gasteiger partial charge in [0.15, 0.2) is 0 Å². The van der Waals surface area contributed by atoms with Crippen LogP contribution in [-0.2, 0) is 0 Å². The van der Waals surface area contributed by atoms with Crippen LogP contribution in [0.3, 0.4) is 0 Å². The van der Waals surface area contributed by atoms with Crippen LogP contribution >= 0.6 is 0 Å². The Morgan fingerprint density at radius 3 is 2.47 bits per heavy atom. The molecule has 1 atom stereocenters. The van der Waals surface area contributed by atoms with Crippen molar-refractivity contribution in [2.75, 3.05) is 27.2 Å². The first-order valence-corrected chi connectivity index (χ1v) is 5.75. The Hall–Kier alpha value is -1.99. The van der Waals surface area contributed by atoms with Gasteiger partial charge in [-0.3, -0.25) is 14.9 Å². The Labute approximate surface area is 111 Å². The SMILES string of the molecule is CN(C)CC(O)CNC(=O)c1ccc([N+](=O)[O-])cc1. The summed E-state index contributed by atoms with van der Waals surface area (Å²) in [4.78, 5) is 23.5. The van der Waals surface area contributed by atoms with Crippen molar-refractivity contribution in [1.29, 1.82) is 0 Å². The fourth-order valence-electron chi connectivity index (χ4n) is 1.53. The fourth-order valence-corrected chi connectivity index (χ4v) is 1.53. The van der Waals surface area contributed by atoms with Crippen LogP contribution in [0.1, 0.15) is 10.4 Å². The van der Waals surface area contributed by atoms with Crippen molar-refractivity contribution in [1.82, 2.24) is 10.2 Å². The molecule has 0 heterocycles. The number of aliphatic hydroxyl groups excluding tert-OH is 1. The van der Waals surface area contributed by atoms with E-state index in [1.54, 1.807) is 0 Å². The number of amides is 1. The molecule has 0 bridgehead atoms. The lowest BCUT2D eigenvalue weighted by molar-refractivity contribution is -0.384. The second-order valence-corrected chi connectivity index (χ2v) is 4.43. The van der Waals surface area contributed by atoms with Gasteiger partial charge in [0.05, 0.1) is 11.0 Å². The second kappa shape index (κ2) is 6.81. The molecule has 1 amide bonds. The summed E-state index contributed by atoms with van der Waals surface area (Å²) >= 11 is 0. The molecule has 7 nitrogen and oxygen atoms in total. The Morgan fingerprint density at radius 2 is 2.00 bits per heavy atom. The molecule has 0 aliphatic rings. The summed E-state index contributed by atoms with van der Waals surface area (Å²) in [6.07, 6.45) is -0.656. The second-order valence-electron chi connectivity index (χ2n) is 4.43. The van der Waals surface area contributed by atoms with Crippen LogP contribution < -0.4 is 5.32 Å². The minimum atomic E-state index is -0.656. The number of rotatable bonds is 6. The van der Waals surface area contributed by atoms with E-state index in [0.717, 1.165) is 0 Å². The molecule has 0 spiro atoms. The average molecular weight is 267 g/mol. The molecule has 1 rings (SSSR count). The molecule has 0 aromatic heterocycles. The summed E-state index contributed by atoms with van der Waals surface area (Å²) in [5.41, 5.74) is 0.256. The third-order valence-electron chi connectivity index (χ3n) is 2.41. The van der Waals surface area contributed by atoms with Crippen LogP contribution in [0.25, 0.3) is 0 Å². The number of nitrogens with one attached hydrogen (secondary N) is 1. The van der Waals surface area contributed by atoms with Crippen LogP contribution in [0.5, 0.6) is 0 Å². The van der Waals surface area contributed by atoms with Gasteiger partial charge in [0.2, 0.25) is 0 Å². The van der Waals surface area contributed by atoms with E-state index in [4.69, 9.17) is 0 Å². The first-order chi connectivity index (χ1) is 8.90.